The lowest BCUT2D eigenvalue weighted by molar-refractivity contribution is 0.0507. The lowest BCUT2D eigenvalue weighted by atomic mass is 10.1. The zero-order chi connectivity index (χ0) is 31.7. The van der Waals surface area contributed by atoms with Crippen LogP contribution in [0.2, 0.25) is 0 Å². The molecular weight excluding hydrogens is 578 g/mol. The van der Waals surface area contributed by atoms with Crippen LogP contribution < -0.4 is 0 Å². The first kappa shape index (κ1) is 30.1. The van der Waals surface area contributed by atoms with Crippen LogP contribution in [-0.2, 0) is 22.6 Å². The molecule has 0 spiro atoms. The molecule has 0 N–H and O–H groups in total. The SMILES string of the molecule is CCOC(=O)c1ncn2c1CN(C)C(=O)c1cc(F)ccc1-2.CCOC(=O)c1ncn2c1CN(C)C(=O)c1cc(F)ccc1-2. The van der Waals surface area contributed by atoms with E-state index in [-0.39, 0.29) is 60.6 Å². The smallest absolute Gasteiger partial charge is 0.358 e. The number of aromatic nitrogens is 4. The number of esters is 2. The molecule has 44 heavy (non-hydrogen) atoms. The van der Waals surface area contributed by atoms with Gasteiger partial charge in [-0.2, -0.15) is 0 Å². The van der Waals surface area contributed by atoms with Crippen molar-refractivity contribution in [2.75, 3.05) is 27.3 Å². The van der Waals surface area contributed by atoms with E-state index in [1.165, 1.54) is 58.9 Å². The lowest BCUT2D eigenvalue weighted by Crippen LogP contribution is -2.26. The molecule has 2 amide bonds. The Morgan fingerprint density at radius 1 is 0.727 bits per heavy atom. The molecule has 0 saturated carbocycles. The quantitative estimate of drug-likeness (QED) is 0.323. The molecule has 228 valence electrons. The number of rotatable bonds is 4. The summed E-state index contributed by atoms with van der Waals surface area (Å²) in [6, 6.07) is 7.92. The minimum Gasteiger partial charge on any atom is -0.461 e. The molecule has 4 heterocycles. The number of hydrogen-bond donors (Lipinski definition) is 0. The molecule has 2 aliphatic heterocycles. The van der Waals surface area contributed by atoms with Gasteiger partial charge in [-0.15, -0.1) is 0 Å². The number of carbonyl (C=O) groups is 4. The van der Waals surface area contributed by atoms with Crippen LogP contribution in [0.1, 0.15) is 66.9 Å². The first-order chi connectivity index (χ1) is 21.0. The van der Waals surface area contributed by atoms with Gasteiger partial charge in [0.1, 0.15) is 24.3 Å². The summed E-state index contributed by atoms with van der Waals surface area (Å²) in [6.07, 6.45) is 2.90. The Bertz CT molecular complexity index is 1670. The standard InChI is InChI=1S/2C15H14FN3O3/c2*1-3-22-15(21)13-12-7-18(2)14(20)10-6-9(16)4-5-11(10)19(12)8-17-13/h2*4-6,8H,3,7H2,1-2H3. The second kappa shape index (κ2) is 12.1. The van der Waals surface area contributed by atoms with E-state index in [2.05, 4.69) is 9.97 Å². The van der Waals surface area contributed by atoms with Gasteiger partial charge < -0.3 is 19.3 Å². The number of carbonyl (C=O) groups excluding carboxylic acids is 4. The van der Waals surface area contributed by atoms with Gasteiger partial charge >= 0.3 is 11.9 Å². The van der Waals surface area contributed by atoms with E-state index in [9.17, 15) is 28.0 Å². The molecule has 2 aromatic heterocycles. The molecule has 0 bridgehead atoms. The lowest BCUT2D eigenvalue weighted by Gasteiger charge is -2.14. The third-order valence-corrected chi connectivity index (χ3v) is 7.03. The Morgan fingerprint density at radius 3 is 1.48 bits per heavy atom. The van der Waals surface area contributed by atoms with Crippen LogP contribution in [-0.4, -0.2) is 80.0 Å². The van der Waals surface area contributed by atoms with Crippen molar-refractivity contribution in [1.29, 1.82) is 0 Å². The molecule has 0 fully saturated rings. The number of nitrogens with zero attached hydrogens (tertiary/aromatic N) is 6. The number of benzene rings is 2. The Kier molecular flexibility index (Phi) is 8.25. The summed E-state index contributed by atoms with van der Waals surface area (Å²) in [4.78, 5) is 59.7. The van der Waals surface area contributed by atoms with Gasteiger partial charge in [0.2, 0.25) is 0 Å². The van der Waals surface area contributed by atoms with Crippen LogP contribution in [0.4, 0.5) is 8.78 Å². The van der Waals surface area contributed by atoms with Crippen LogP contribution in [0, 0.1) is 11.6 Å². The fourth-order valence-electron chi connectivity index (χ4n) is 4.99. The average molecular weight is 607 g/mol. The third kappa shape index (κ3) is 5.41. The number of hydrogen-bond acceptors (Lipinski definition) is 8. The molecule has 6 rings (SSSR count). The predicted molar refractivity (Wildman–Crippen MR) is 151 cm³/mol. The van der Waals surface area contributed by atoms with Crippen molar-refractivity contribution < 1.29 is 37.4 Å². The van der Waals surface area contributed by atoms with Crippen LogP contribution >= 0.6 is 0 Å². The van der Waals surface area contributed by atoms with Crippen molar-refractivity contribution >= 4 is 23.8 Å². The summed E-state index contributed by atoms with van der Waals surface area (Å²) in [7, 11) is 3.18. The Labute approximate surface area is 250 Å². The first-order valence-electron chi connectivity index (χ1n) is 13.6. The van der Waals surface area contributed by atoms with Crippen LogP contribution in [0.5, 0.6) is 0 Å². The monoisotopic (exact) mass is 606 g/mol. The van der Waals surface area contributed by atoms with Crippen molar-refractivity contribution in [3.8, 4) is 11.4 Å². The fourth-order valence-corrected chi connectivity index (χ4v) is 4.99. The van der Waals surface area contributed by atoms with Crippen molar-refractivity contribution in [2.24, 2.45) is 0 Å². The molecule has 0 radical (unpaired) electrons. The zero-order valence-electron chi connectivity index (χ0n) is 24.3. The second-order valence-corrected chi connectivity index (χ2v) is 9.91. The van der Waals surface area contributed by atoms with Gasteiger partial charge in [-0.05, 0) is 50.2 Å². The van der Waals surface area contributed by atoms with Gasteiger partial charge in [-0.1, -0.05) is 0 Å². The van der Waals surface area contributed by atoms with Crippen LogP contribution in [0.15, 0.2) is 49.1 Å². The number of imidazole rings is 2. The van der Waals surface area contributed by atoms with Gasteiger partial charge in [-0.3, -0.25) is 18.7 Å². The average Bonchev–Trinajstić information content (AvgIpc) is 3.56. The van der Waals surface area contributed by atoms with Crippen molar-refractivity contribution in [1.82, 2.24) is 28.9 Å². The molecule has 0 saturated heterocycles. The van der Waals surface area contributed by atoms with Crippen LogP contribution in [0.3, 0.4) is 0 Å². The molecule has 2 aromatic carbocycles. The summed E-state index contributed by atoms with van der Waals surface area (Å²) >= 11 is 0. The van der Waals surface area contributed by atoms with E-state index in [1.54, 1.807) is 37.1 Å². The van der Waals surface area contributed by atoms with Crippen LogP contribution in [0.25, 0.3) is 11.4 Å². The van der Waals surface area contributed by atoms with Crippen molar-refractivity contribution in [3.05, 3.63) is 94.6 Å². The molecule has 4 aromatic rings. The topological polar surface area (TPSA) is 129 Å². The Morgan fingerprint density at radius 2 is 1.11 bits per heavy atom. The highest BCUT2D eigenvalue weighted by molar-refractivity contribution is 6.00. The number of fused-ring (bicyclic) bond motifs is 6. The summed E-state index contributed by atoms with van der Waals surface area (Å²) in [5.74, 6) is -2.68. The Balaban J connectivity index is 0.000000175. The van der Waals surface area contributed by atoms with E-state index < -0.39 is 23.6 Å². The van der Waals surface area contributed by atoms with E-state index in [1.807, 2.05) is 0 Å². The predicted octanol–water partition coefficient (Wildman–Crippen LogP) is 3.55. The molecule has 0 atom stereocenters. The minimum atomic E-state index is -0.539. The normalized spacial score (nSPS) is 13.4. The molecule has 0 unspecified atom stereocenters. The van der Waals surface area contributed by atoms with E-state index in [4.69, 9.17) is 9.47 Å². The highest BCUT2D eigenvalue weighted by atomic mass is 19.1. The van der Waals surface area contributed by atoms with Gasteiger partial charge in [-0.25, -0.2) is 28.3 Å². The Hall–Kier alpha value is -5.40. The summed E-state index contributed by atoms with van der Waals surface area (Å²) in [5.41, 5.74) is 2.86. The van der Waals surface area contributed by atoms with Gasteiger partial charge in [0.25, 0.3) is 11.8 Å². The van der Waals surface area contributed by atoms with Crippen molar-refractivity contribution in [2.45, 2.75) is 26.9 Å². The van der Waals surface area contributed by atoms with E-state index >= 15 is 0 Å². The molecule has 12 nitrogen and oxygen atoms in total. The molecule has 0 aliphatic carbocycles. The largest absolute Gasteiger partial charge is 0.461 e. The summed E-state index contributed by atoms with van der Waals surface area (Å²) < 4.78 is 40.2. The molecular formula is C30H28F2N6O6. The summed E-state index contributed by atoms with van der Waals surface area (Å²) in [6.45, 7) is 4.26. The number of amides is 2. The maximum absolute atomic E-state index is 13.5. The molecule has 2 aliphatic rings. The third-order valence-electron chi connectivity index (χ3n) is 7.03. The zero-order valence-corrected chi connectivity index (χ0v) is 24.3. The van der Waals surface area contributed by atoms with Gasteiger partial charge in [0, 0.05) is 14.1 Å². The number of halogens is 2. The highest BCUT2D eigenvalue weighted by Gasteiger charge is 2.30. The summed E-state index contributed by atoms with van der Waals surface area (Å²) in [5, 5.41) is 0. The minimum absolute atomic E-state index is 0.165. The van der Waals surface area contributed by atoms with E-state index in [0.29, 0.717) is 22.8 Å². The van der Waals surface area contributed by atoms with E-state index in [0.717, 1.165) is 0 Å². The van der Waals surface area contributed by atoms with Gasteiger partial charge in [0.05, 0.1) is 60.2 Å². The fraction of sp³-hybridized carbons (Fsp3) is 0.267. The van der Waals surface area contributed by atoms with Gasteiger partial charge in [0.15, 0.2) is 11.4 Å². The van der Waals surface area contributed by atoms with Crippen molar-refractivity contribution in [3.63, 3.8) is 0 Å². The first-order valence-corrected chi connectivity index (χ1v) is 13.6. The second-order valence-electron chi connectivity index (χ2n) is 9.91. The highest BCUT2D eigenvalue weighted by Crippen LogP contribution is 2.28. The maximum Gasteiger partial charge on any atom is 0.358 e. The number of ether oxygens (including phenoxy) is 2. The maximum atomic E-state index is 13.5. The molecule has 14 heteroatoms.